The van der Waals surface area contributed by atoms with Gasteiger partial charge >= 0.3 is 5.97 Å². The predicted octanol–water partition coefficient (Wildman–Crippen LogP) is 4.10. The molecular formula is C19H25BrO4. The van der Waals surface area contributed by atoms with E-state index >= 15 is 0 Å². The summed E-state index contributed by atoms with van der Waals surface area (Å²) in [6, 6.07) is 7.43. The van der Waals surface area contributed by atoms with Crippen molar-refractivity contribution in [2.45, 2.75) is 62.4 Å². The highest BCUT2D eigenvalue weighted by Crippen LogP contribution is 2.57. The van der Waals surface area contributed by atoms with Crippen molar-refractivity contribution in [3.8, 4) is 0 Å². The van der Waals surface area contributed by atoms with Crippen LogP contribution in [-0.4, -0.2) is 35.2 Å². The van der Waals surface area contributed by atoms with Gasteiger partial charge in [-0.05, 0) is 30.9 Å². The topological polar surface area (TPSA) is 44.8 Å². The number of esters is 1. The standard InChI is InChI=1S/C19H25BrO4/c1-12(2)19-10-16(18(3,24-19)9-15(19)20)23-11-13-7-5-6-8-14(13)17(21)22-4/h5-8,12,15-16H,9-11H2,1-4H3/t15-,16+,18-,19+/m0/s1. The first-order chi connectivity index (χ1) is 11.3. The molecule has 0 saturated carbocycles. The lowest BCUT2D eigenvalue weighted by Crippen LogP contribution is -2.44. The lowest BCUT2D eigenvalue weighted by atomic mass is 9.75. The molecule has 2 bridgehead atoms. The Kier molecular flexibility index (Phi) is 4.80. The van der Waals surface area contributed by atoms with Crippen LogP contribution in [0.1, 0.15) is 49.5 Å². The maximum Gasteiger partial charge on any atom is 0.338 e. The van der Waals surface area contributed by atoms with E-state index in [9.17, 15) is 4.79 Å². The van der Waals surface area contributed by atoms with Crippen LogP contribution in [-0.2, 0) is 20.8 Å². The molecule has 24 heavy (non-hydrogen) atoms. The number of carbonyl (C=O) groups excluding carboxylic acids is 1. The van der Waals surface area contributed by atoms with Crippen LogP contribution in [0.5, 0.6) is 0 Å². The number of methoxy groups -OCH3 is 1. The molecule has 2 fully saturated rings. The number of ether oxygens (including phenoxy) is 3. The van der Waals surface area contributed by atoms with E-state index in [0.717, 1.165) is 18.4 Å². The van der Waals surface area contributed by atoms with Gasteiger partial charge in [0.15, 0.2) is 0 Å². The van der Waals surface area contributed by atoms with E-state index in [2.05, 4.69) is 36.7 Å². The van der Waals surface area contributed by atoms with E-state index in [4.69, 9.17) is 14.2 Å². The summed E-state index contributed by atoms with van der Waals surface area (Å²) < 4.78 is 17.5. The van der Waals surface area contributed by atoms with Crippen LogP contribution >= 0.6 is 15.9 Å². The van der Waals surface area contributed by atoms with Crippen LogP contribution in [0.2, 0.25) is 0 Å². The van der Waals surface area contributed by atoms with E-state index in [1.165, 1.54) is 7.11 Å². The van der Waals surface area contributed by atoms with Crippen molar-refractivity contribution in [1.82, 2.24) is 0 Å². The largest absolute Gasteiger partial charge is 0.465 e. The monoisotopic (exact) mass is 396 g/mol. The number of hydrogen-bond acceptors (Lipinski definition) is 4. The molecule has 5 heteroatoms. The SMILES string of the molecule is COC(=O)c1ccccc1CO[C@@H]1C[C@]2(C(C)C)O[C@@]1(C)C[C@@H]2Br. The van der Waals surface area contributed by atoms with Gasteiger partial charge in [0.05, 0.1) is 36.6 Å². The summed E-state index contributed by atoms with van der Waals surface area (Å²) in [4.78, 5) is 12.3. The molecule has 2 saturated heterocycles. The Morgan fingerprint density at radius 2 is 2.08 bits per heavy atom. The maximum absolute atomic E-state index is 11.9. The molecule has 1 aromatic rings. The first-order valence-electron chi connectivity index (χ1n) is 8.44. The average molecular weight is 397 g/mol. The lowest BCUT2D eigenvalue weighted by molar-refractivity contribution is -0.0955. The lowest BCUT2D eigenvalue weighted by Gasteiger charge is -2.35. The van der Waals surface area contributed by atoms with Gasteiger partial charge in [-0.2, -0.15) is 0 Å². The van der Waals surface area contributed by atoms with Crippen LogP contribution in [0.3, 0.4) is 0 Å². The van der Waals surface area contributed by atoms with Crippen molar-refractivity contribution in [2.75, 3.05) is 7.11 Å². The fourth-order valence-corrected chi connectivity index (χ4v) is 5.49. The van der Waals surface area contributed by atoms with Crippen LogP contribution in [0.25, 0.3) is 0 Å². The number of rotatable bonds is 5. The van der Waals surface area contributed by atoms with Crippen LogP contribution < -0.4 is 0 Å². The number of alkyl halides is 1. The first-order valence-corrected chi connectivity index (χ1v) is 9.36. The summed E-state index contributed by atoms with van der Waals surface area (Å²) in [5, 5.41) is 0. The molecule has 0 unspecified atom stereocenters. The van der Waals surface area contributed by atoms with Crippen molar-refractivity contribution in [1.29, 1.82) is 0 Å². The van der Waals surface area contributed by atoms with Crippen LogP contribution in [0, 0.1) is 5.92 Å². The van der Waals surface area contributed by atoms with Gasteiger partial charge in [-0.1, -0.05) is 48.0 Å². The first kappa shape index (κ1) is 17.9. The summed E-state index contributed by atoms with van der Waals surface area (Å²) in [5.41, 5.74) is 0.968. The molecule has 3 rings (SSSR count). The number of hydrogen-bond donors (Lipinski definition) is 0. The molecule has 0 N–H and O–H groups in total. The molecule has 2 aliphatic heterocycles. The second-order valence-corrected chi connectivity index (χ2v) is 8.45. The van der Waals surface area contributed by atoms with Crippen molar-refractivity contribution in [3.05, 3.63) is 35.4 Å². The summed E-state index contributed by atoms with van der Waals surface area (Å²) in [5.74, 6) is 0.0865. The predicted molar refractivity (Wildman–Crippen MR) is 95.4 cm³/mol. The minimum atomic E-state index is -0.330. The Labute approximate surface area is 152 Å². The number of halogens is 1. The maximum atomic E-state index is 11.9. The molecule has 1 aromatic carbocycles. The van der Waals surface area contributed by atoms with E-state index in [-0.39, 0.29) is 23.3 Å². The third-order valence-corrected chi connectivity index (χ3v) is 6.66. The van der Waals surface area contributed by atoms with Gasteiger partial charge in [-0.15, -0.1) is 0 Å². The Balaban J connectivity index is 1.74. The molecule has 2 heterocycles. The van der Waals surface area contributed by atoms with Crippen molar-refractivity contribution < 1.29 is 19.0 Å². The molecule has 0 radical (unpaired) electrons. The molecular weight excluding hydrogens is 372 g/mol. The zero-order chi connectivity index (χ0) is 17.5. The van der Waals surface area contributed by atoms with Gasteiger partial charge in [-0.3, -0.25) is 0 Å². The summed E-state index contributed by atoms with van der Waals surface area (Å²) in [6.07, 6.45) is 1.84. The summed E-state index contributed by atoms with van der Waals surface area (Å²) in [7, 11) is 1.40. The average Bonchev–Trinajstić information content (AvgIpc) is 3.00. The van der Waals surface area contributed by atoms with Crippen molar-refractivity contribution >= 4 is 21.9 Å². The summed E-state index contributed by atoms with van der Waals surface area (Å²) in [6.45, 7) is 6.93. The van der Waals surface area contributed by atoms with Crippen LogP contribution in [0.15, 0.2) is 24.3 Å². The van der Waals surface area contributed by atoms with Gasteiger partial charge in [0.2, 0.25) is 0 Å². The minimum absolute atomic E-state index is 0.0272. The highest BCUT2D eigenvalue weighted by Gasteiger charge is 2.65. The van der Waals surface area contributed by atoms with E-state index < -0.39 is 0 Å². The molecule has 0 aliphatic carbocycles. The molecule has 0 aromatic heterocycles. The Hall–Kier alpha value is -0.910. The Morgan fingerprint density at radius 1 is 1.38 bits per heavy atom. The van der Waals surface area contributed by atoms with Gasteiger partial charge in [0.25, 0.3) is 0 Å². The molecule has 4 atom stereocenters. The zero-order valence-corrected chi connectivity index (χ0v) is 16.3. The van der Waals surface area contributed by atoms with Crippen LogP contribution in [0.4, 0.5) is 0 Å². The normalized spacial score (nSPS) is 34.8. The Bertz CT molecular complexity index is 632. The number of fused-ring (bicyclic) bond motifs is 2. The number of carbonyl (C=O) groups is 1. The van der Waals surface area contributed by atoms with Gasteiger partial charge in [0.1, 0.15) is 0 Å². The smallest absolute Gasteiger partial charge is 0.338 e. The third kappa shape index (κ3) is 2.80. The highest BCUT2D eigenvalue weighted by atomic mass is 79.9. The molecule has 0 amide bonds. The van der Waals surface area contributed by atoms with Gasteiger partial charge in [0, 0.05) is 11.2 Å². The van der Waals surface area contributed by atoms with Crippen molar-refractivity contribution in [3.63, 3.8) is 0 Å². The molecule has 2 aliphatic rings. The molecule has 4 nitrogen and oxygen atoms in total. The molecule has 0 spiro atoms. The van der Waals surface area contributed by atoms with Crippen molar-refractivity contribution in [2.24, 2.45) is 5.92 Å². The number of benzene rings is 1. The Morgan fingerprint density at radius 3 is 2.71 bits per heavy atom. The zero-order valence-electron chi connectivity index (χ0n) is 14.7. The fraction of sp³-hybridized carbons (Fsp3) is 0.632. The summed E-state index contributed by atoms with van der Waals surface area (Å²) >= 11 is 3.81. The minimum Gasteiger partial charge on any atom is -0.465 e. The van der Waals surface area contributed by atoms with E-state index in [0.29, 0.717) is 22.9 Å². The quantitative estimate of drug-likeness (QED) is 0.555. The fourth-order valence-electron chi connectivity index (χ4n) is 4.04. The third-order valence-electron chi connectivity index (χ3n) is 5.56. The second kappa shape index (κ2) is 6.43. The van der Waals surface area contributed by atoms with E-state index in [1.807, 2.05) is 18.2 Å². The second-order valence-electron chi connectivity index (χ2n) is 7.35. The molecule has 132 valence electrons. The van der Waals surface area contributed by atoms with Gasteiger partial charge < -0.3 is 14.2 Å². The highest BCUT2D eigenvalue weighted by molar-refractivity contribution is 9.09. The van der Waals surface area contributed by atoms with E-state index in [1.54, 1.807) is 6.07 Å². The van der Waals surface area contributed by atoms with Gasteiger partial charge in [-0.25, -0.2) is 4.79 Å².